The van der Waals surface area contributed by atoms with E-state index in [4.69, 9.17) is 10.8 Å². The SMILES string of the molecule is Nc1ccc(S(=O)(=O)Nc2ccon2)c(C(=O)O)c1. The molecule has 1 aromatic carbocycles. The van der Waals surface area contributed by atoms with E-state index in [-0.39, 0.29) is 11.5 Å². The fourth-order valence-electron chi connectivity index (χ4n) is 1.41. The average Bonchev–Trinajstić information content (AvgIpc) is 2.80. The van der Waals surface area contributed by atoms with Crippen molar-refractivity contribution in [1.82, 2.24) is 5.16 Å². The second-order valence-corrected chi connectivity index (χ2v) is 5.20. The number of aromatic carboxylic acids is 1. The number of nitrogens with one attached hydrogen (secondary N) is 1. The molecule has 19 heavy (non-hydrogen) atoms. The van der Waals surface area contributed by atoms with Gasteiger partial charge in [-0.3, -0.25) is 4.72 Å². The lowest BCUT2D eigenvalue weighted by atomic mass is 10.2. The molecule has 0 radical (unpaired) electrons. The van der Waals surface area contributed by atoms with Gasteiger partial charge in [0.1, 0.15) is 11.2 Å². The number of carboxylic acids is 1. The molecule has 2 rings (SSSR count). The van der Waals surface area contributed by atoms with Crippen LogP contribution >= 0.6 is 0 Å². The Hall–Kier alpha value is -2.55. The molecular weight excluding hydrogens is 274 g/mol. The molecule has 0 spiro atoms. The smallest absolute Gasteiger partial charge is 0.337 e. The maximum Gasteiger partial charge on any atom is 0.337 e. The Labute approximate surface area is 107 Å². The van der Waals surface area contributed by atoms with Gasteiger partial charge in [-0.15, -0.1) is 0 Å². The zero-order valence-electron chi connectivity index (χ0n) is 9.40. The van der Waals surface area contributed by atoms with Crippen molar-refractivity contribution in [2.75, 3.05) is 10.5 Å². The van der Waals surface area contributed by atoms with Gasteiger partial charge in [-0.25, -0.2) is 13.2 Å². The van der Waals surface area contributed by atoms with Gasteiger partial charge in [0, 0.05) is 11.8 Å². The molecule has 0 fully saturated rings. The highest BCUT2D eigenvalue weighted by Crippen LogP contribution is 2.21. The molecule has 0 saturated heterocycles. The maximum absolute atomic E-state index is 12.0. The van der Waals surface area contributed by atoms with Crippen molar-refractivity contribution in [2.24, 2.45) is 0 Å². The summed E-state index contributed by atoms with van der Waals surface area (Å²) in [5.74, 6) is -1.44. The van der Waals surface area contributed by atoms with Crippen molar-refractivity contribution >= 4 is 27.5 Å². The number of aromatic nitrogens is 1. The maximum atomic E-state index is 12.0. The van der Waals surface area contributed by atoms with Crippen LogP contribution in [0, 0.1) is 0 Å². The van der Waals surface area contributed by atoms with E-state index in [2.05, 4.69) is 14.4 Å². The Balaban J connectivity index is 2.49. The molecule has 1 heterocycles. The minimum absolute atomic E-state index is 0.0480. The summed E-state index contributed by atoms with van der Waals surface area (Å²) in [7, 11) is -4.08. The summed E-state index contributed by atoms with van der Waals surface area (Å²) in [5, 5.41) is 12.4. The van der Waals surface area contributed by atoms with E-state index in [1.54, 1.807) is 0 Å². The van der Waals surface area contributed by atoms with Gasteiger partial charge in [0.05, 0.1) is 5.56 Å². The van der Waals surface area contributed by atoms with Gasteiger partial charge < -0.3 is 15.4 Å². The van der Waals surface area contributed by atoms with Crippen molar-refractivity contribution in [3.05, 3.63) is 36.1 Å². The molecule has 8 nitrogen and oxygen atoms in total. The summed E-state index contributed by atoms with van der Waals surface area (Å²) in [6.07, 6.45) is 1.18. The summed E-state index contributed by atoms with van der Waals surface area (Å²) in [6, 6.07) is 4.76. The Kier molecular flexibility index (Phi) is 3.13. The van der Waals surface area contributed by atoms with Crippen LogP contribution in [-0.4, -0.2) is 24.7 Å². The highest BCUT2D eigenvalue weighted by atomic mass is 32.2. The minimum atomic E-state index is -4.08. The zero-order chi connectivity index (χ0) is 14.0. The Morgan fingerprint density at radius 2 is 2.11 bits per heavy atom. The third-order valence-electron chi connectivity index (χ3n) is 2.20. The fourth-order valence-corrected chi connectivity index (χ4v) is 2.58. The molecular formula is C10H9N3O5S. The van der Waals surface area contributed by atoms with Crippen molar-refractivity contribution in [1.29, 1.82) is 0 Å². The first-order chi connectivity index (χ1) is 8.90. The summed E-state index contributed by atoms with van der Waals surface area (Å²) >= 11 is 0. The van der Waals surface area contributed by atoms with Crippen LogP contribution in [0.2, 0.25) is 0 Å². The number of benzene rings is 1. The third kappa shape index (κ3) is 2.65. The molecule has 1 aromatic heterocycles. The van der Waals surface area contributed by atoms with E-state index in [0.29, 0.717) is 0 Å². The topological polar surface area (TPSA) is 136 Å². The molecule has 2 aromatic rings. The van der Waals surface area contributed by atoms with Crippen molar-refractivity contribution in [2.45, 2.75) is 4.90 Å². The molecule has 0 atom stereocenters. The summed E-state index contributed by atoms with van der Waals surface area (Å²) in [5.41, 5.74) is 5.17. The normalized spacial score (nSPS) is 11.2. The second kappa shape index (κ2) is 4.61. The fraction of sp³-hybridized carbons (Fsp3) is 0. The van der Waals surface area contributed by atoms with Gasteiger partial charge in [-0.05, 0) is 18.2 Å². The van der Waals surface area contributed by atoms with E-state index in [0.717, 1.165) is 12.1 Å². The van der Waals surface area contributed by atoms with Crippen LogP contribution in [0.4, 0.5) is 11.5 Å². The quantitative estimate of drug-likeness (QED) is 0.704. The Morgan fingerprint density at radius 3 is 2.68 bits per heavy atom. The standard InChI is InChI=1S/C10H9N3O5S/c11-6-1-2-8(7(5-6)10(14)15)19(16,17)13-9-3-4-18-12-9/h1-5H,11H2,(H,12,13)(H,14,15). The summed E-state index contributed by atoms with van der Waals surface area (Å²) < 4.78 is 30.7. The Bertz CT molecular complexity index is 709. The van der Waals surface area contributed by atoms with Crippen LogP contribution in [0.1, 0.15) is 10.4 Å². The van der Waals surface area contributed by atoms with E-state index >= 15 is 0 Å². The van der Waals surface area contributed by atoms with Gasteiger partial charge >= 0.3 is 5.97 Å². The number of sulfonamides is 1. The van der Waals surface area contributed by atoms with E-state index in [1.165, 1.54) is 18.4 Å². The molecule has 0 aliphatic carbocycles. The number of carboxylic acid groups (broad SMARTS) is 1. The number of nitrogens with two attached hydrogens (primary N) is 1. The molecule has 0 aliphatic heterocycles. The van der Waals surface area contributed by atoms with Gasteiger partial charge in [-0.1, -0.05) is 5.16 Å². The van der Waals surface area contributed by atoms with Crippen LogP contribution in [-0.2, 0) is 10.0 Å². The third-order valence-corrected chi connectivity index (χ3v) is 3.61. The van der Waals surface area contributed by atoms with E-state index in [1.807, 2.05) is 0 Å². The number of hydrogen-bond acceptors (Lipinski definition) is 6. The largest absolute Gasteiger partial charge is 0.478 e. The predicted octanol–water partition coefficient (Wildman–Crippen LogP) is 0.756. The van der Waals surface area contributed by atoms with E-state index in [9.17, 15) is 13.2 Å². The number of rotatable bonds is 4. The highest BCUT2D eigenvalue weighted by Gasteiger charge is 2.23. The molecule has 9 heteroatoms. The first-order valence-electron chi connectivity index (χ1n) is 4.96. The molecule has 0 amide bonds. The minimum Gasteiger partial charge on any atom is -0.478 e. The second-order valence-electron chi connectivity index (χ2n) is 3.55. The molecule has 0 unspecified atom stereocenters. The highest BCUT2D eigenvalue weighted by molar-refractivity contribution is 7.92. The lowest BCUT2D eigenvalue weighted by Crippen LogP contribution is -2.17. The van der Waals surface area contributed by atoms with Crippen LogP contribution in [0.25, 0.3) is 0 Å². The lowest BCUT2D eigenvalue weighted by molar-refractivity contribution is 0.0692. The Morgan fingerprint density at radius 1 is 1.37 bits per heavy atom. The van der Waals surface area contributed by atoms with Crippen molar-refractivity contribution in [3.8, 4) is 0 Å². The number of anilines is 2. The first-order valence-corrected chi connectivity index (χ1v) is 6.44. The van der Waals surface area contributed by atoms with Gasteiger partial charge in [-0.2, -0.15) is 0 Å². The number of nitrogens with zero attached hydrogens (tertiary/aromatic N) is 1. The lowest BCUT2D eigenvalue weighted by Gasteiger charge is -2.08. The van der Waals surface area contributed by atoms with E-state index < -0.39 is 26.5 Å². The molecule has 0 aliphatic rings. The number of nitrogen functional groups attached to an aromatic ring is 1. The van der Waals surface area contributed by atoms with Crippen LogP contribution in [0.5, 0.6) is 0 Å². The molecule has 100 valence electrons. The average molecular weight is 283 g/mol. The first kappa shape index (κ1) is 12.9. The van der Waals surface area contributed by atoms with Crippen molar-refractivity contribution < 1.29 is 22.8 Å². The number of carbonyl (C=O) groups is 1. The molecule has 0 saturated carbocycles. The zero-order valence-corrected chi connectivity index (χ0v) is 10.2. The molecule has 4 N–H and O–H groups in total. The monoisotopic (exact) mass is 283 g/mol. The van der Waals surface area contributed by atoms with Crippen LogP contribution < -0.4 is 10.5 Å². The van der Waals surface area contributed by atoms with Gasteiger partial charge in [0.15, 0.2) is 5.82 Å². The van der Waals surface area contributed by atoms with Gasteiger partial charge in [0.25, 0.3) is 10.0 Å². The van der Waals surface area contributed by atoms with Gasteiger partial charge in [0.2, 0.25) is 0 Å². The van der Waals surface area contributed by atoms with Crippen LogP contribution in [0.15, 0.2) is 39.9 Å². The summed E-state index contributed by atoms with van der Waals surface area (Å²) in [4.78, 5) is 10.6. The van der Waals surface area contributed by atoms with Crippen LogP contribution in [0.3, 0.4) is 0 Å². The van der Waals surface area contributed by atoms with Crippen molar-refractivity contribution in [3.63, 3.8) is 0 Å². The summed E-state index contributed by atoms with van der Waals surface area (Å²) in [6.45, 7) is 0. The molecule has 0 bridgehead atoms. The predicted molar refractivity (Wildman–Crippen MR) is 65.1 cm³/mol. The number of hydrogen-bond donors (Lipinski definition) is 3.